The minimum atomic E-state index is -0.211. The van der Waals surface area contributed by atoms with Crippen LogP contribution in [-0.2, 0) is 0 Å². The molecule has 0 aliphatic rings. The second kappa shape index (κ2) is 6.03. The van der Waals surface area contributed by atoms with Crippen molar-refractivity contribution >= 4 is 11.6 Å². The molecule has 3 heteroatoms. The van der Waals surface area contributed by atoms with Gasteiger partial charge in [0.1, 0.15) is 5.82 Å². The largest absolute Gasteiger partial charge is 0.312 e. The number of hydrogen-bond acceptors (Lipinski definition) is 1. The van der Waals surface area contributed by atoms with Gasteiger partial charge in [-0.25, -0.2) is 4.39 Å². The van der Waals surface area contributed by atoms with Crippen molar-refractivity contribution in [1.29, 1.82) is 0 Å². The Kier molecular flexibility index (Phi) is 5.18. The summed E-state index contributed by atoms with van der Waals surface area (Å²) in [5, 5.41) is 3.90. The topological polar surface area (TPSA) is 12.0 Å². The number of hydrogen-bond donors (Lipinski definition) is 1. The standard InChI is InChI=1S/C15H23ClFN/c1-10(9-18-15(3,4)5)11(2)13-7-6-12(16)8-14(13)17/h6-8,10-11,18H,9H2,1-5H3. The van der Waals surface area contributed by atoms with E-state index in [9.17, 15) is 4.39 Å². The monoisotopic (exact) mass is 271 g/mol. The van der Waals surface area contributed by atoms with Crippen LogP contribution in [0.15, 0.2) is 18.2 Å². The number of benzene rings is 1. The molecule has 0 fully saturated rings. The number of halogens is 2. The molecular formula is C15H23ClFN. The van der Waals surface area contributed by atoms with Crippen LogP contribution in [0.2, 0.25) is 5.02 Å². The summed E-state index contributed by atoms with van der Waals surface area (Å²) in [6.45, 7) is 11.5. The molecule has 1 nitrogen and oxygen atoms in total. The molecule has 0 radical (unpaired) electrons. The van der Waals surface area contributed by atoms with Gasteiger partial charge in [-0.05, 0) is 56.8 Å². The van der Waals surface area contributed by atoms with Crippen molar-refractivity contribution in [3.8, 4) is 0 Å². The highest BCUT2D eigenvalue weighted by atomic mass is 35.5. The van der Waals surface area contributed by atoms with E-state index < -0.39 is 0 Å². The summed E-state index contributed by atoms with van der Waals surface area (Å²) in [5.41, 5.74) is 0.828. The maximum atomic E-state index is 13.8. The van der Waals surface area contributed by atoms with Crippen LogP contribution in [0.5, 0.6) is 0 Å². The van der Waals surface area contributed by atoms with Crippen LogP contribution in [0.4, 0.5) is 4.39 Å². The van der Waals surface area contributed by atoms with Gasteiger partial charge in [0, 0.05) is 10.6 Å². The average Bonchev–Trinajstić information content (AvgIpc) is 2.24. The third kappa shape index (κ3) is 4.58. The van der Waals surface area contributed by atoms with Gasteiger partial charge in [0.25, 0.3) is 0 Å². The summed E-state index contributed by atoms with van der Waals surface area (Å²) >= 11 is 5.77. The highest BCUT2D eigenvalue weighted by Crippen LogP contribution is 2.28. The first kappa shape index (κ1) is 15.5. The van der Waals surface area contributed by atoms with Crippen molar-refractivity contribution in [1.82, 2.24) is 5.32 Å². The molecule has 2 atom stereocenters. The lowest BCUT2D eigenvalue weighted by Crippen LogP contribution is -2.39. The molecule has 0 aliphatic heterocycles. The molecule has 0 heterocycles. The molecule has 102 valence electrons. The Morgan fingerprint density at radius 1 is 1.28 bits per heavy atom. The number of nitrogens with one attached hydrogen (secondary N) is 1. The van der Waals surface area contributed by atoms with Crippen LogP contribution < -0.4 is 5.32 Å². The molecule has 1 N–H and O–H groups in total. The van der Waals surface area contributed by atoms with Crippen molar-refractivity contribution in [2.24, 2.45) is 5.92 Å². The van der Waals surface area contributed by atoms with Crippen LogP contribution in [0.3, 0.4) is 0 Å². The molecule has 0 aliphatic carbocycles. The second-order valence-electron chi connectivity index (χ2n) is 6.06. The zero-order chi connectivity index (χ0) is 13.9. The Hall–Kier alpha value is -0.600. The molecule has 0 bridgehead atoms. The zero-order valence-corrected chi connectivity index (χ0v) is 12.6. The van der Waals surface area contributed by atoms with Gasteiger partial charge in [-0.15, -0.1) is 0 Å². The van der Waals surface area contributed by atoms with E-state index in [1.54, 1.807) is 12.1 Å². The average molecular weight is 272 g/mol. The second-order valence-corrected chi connectivity index (χ2v) is 6.50. The maximum Gasteiger partial charge on any atom is 0.128 e. The van der Waals surface area contributed by atoms with Crippen LogP contribution >= 0.6 is 11.6 Å². The number of rotatable bonds is 4. The summed E-state index contributed by atoms with van der Waals surface area (Å²) in [4.78, 5) is 0. The van der Waals surface area contributed by atoms with Gasteiger partial charge in [0.05, 0.1) is 0 Å². The molecule has 1 aromatic rings. The Morgan fingerprint density at radius 2 is 1.89 bits per heavy atom. The van der Waals surface area contributed by atoms with E-state index in [1.807, 2.05) is 0 Å². The minimum absolute atomic E-state index is 0.0898. The molecule has 0 saturated carbocycles. The van der Waals surface area contributed by atoms with Crippen molar-refractivity contribution in [3.63, 3.8) is 0 Å². The van der Waals surface area contributed by atoms with Gasteiger partial charge in [0.2, 0.25) is 0 Å². The van der Waals surface area contributed by atoms with Crippen LogP contribution in [0.1, 0.15) is 46.1 Å². The molecule has 1 aromatic carbocycles. The van der Waals surface area contributed by atoms with E-state index in [0.717, 1.165) is 12.1 Å². The summed E-state index contributed by atoms with van der Waals surface area (Å²) in [6.07, 6.45) is 0. The summed E-state index contributed by atoms with van der Waals surface area (Å²) in [7, 11) is 0. The van der Waals surface area contributed by atoms with Gasteiger partial charge < -0.3 is 5.32 Å². The van der Waals surface area contributed by atoms with Gasteiger partial charge in [0.15, 0.2) is 0 Å². The minimum Gasteiger partial charge on any atom is -0.312 e. The third-order valence-corrected chi connectivity index (χ3v) is 3.50. The van der Waals surface area contributed by atoms with Crippen LogP contribution in [-0.4, -0.2) is 12.1 Å². The first-order chi connectivity index (χ1) is 8.20. The van der Waals surface area contributed by atoms with Crippen molar-refractivity contribution < 1.29 is 4.39 Å². The van der Waals surface area contributed by atoms with E-state index >= 15 is 0 Å². The first-order valence-corrected chi connectivity index (χ1v) is 6.78. The molecule has 0 saturated heterocycles. The predicted molar refractivity (Wildman–Crippen MR) is 76.7 cm³/mol. The predicted octanol–water partition coefficient (Wildman–Crippen LogP) is 4.61. The molecule has 0 amide bonds. The van der Waals surface area contributed by atoms with Crippen molar-refractivity contribution in [2.75, 3.05) is 6.54 Å². The summed E-state index contributed by atoms with van der Waals surface area (Å²) in [6, 6.07) is 4.92. The Bertz CT molecular complexity index is 398. The third-order valence-electron chi connectivity index (χ3n) is 3.26. The molecule has 2 unspecified atom stereocenters. The smallest absolute Gasteiger partial charge is 0.128 e. The lowest BCUT2D eigenvalue weighted by Gasteiger charge is -2.27. The van der Waals surface area contributed by atoms with Gasteiger partial charge >= 0.3 is 0 Å². The fourth-order valence-electron chi connectivity index (χ4n) is 1.82. The van der Waals surface area contributed by atoms with E-state index in [0.29, 0.717) is 10.9 Å². The van der Waals surface area contributed by atoms with Crippen molar-refractivity contribution in [3.05, 3.63) is 34.6 Å². The molecular weight excluding hydrogens is 249 g/mol. The van der Waals surface area contributed by atoms with Gasteiger partial charge in [-0.1, -0.05) is 31.5 Å². The van der Waals surface area contributed by atoms with Crippen molar-refractivity contribution in [2.45, 2.75) is 46.1 Å². The summed E-state index contributed by atoms with van der Waals surface area (Å²) < 4.78 is 13.8. The molecule has 18 heavy (non-hydrogen) atoms. The van der Waals surface area contributed by atoms with Gasteiger partial charge in [-0.3, -0.25) is 0 Å². The van der Waals surface area contributed by atoms with Crippen LogP contribution in [0, 0.1) is 11.7 Å². The highest BCUT2D eigenvalue weighted by molar-refractivity contribution is 6.30. The Balaban J connectivity index is 2.71. The van der Waals surface area contributed by atoms with E-state index in [-0.39, 0.29) is 17.3 Å². The maximum absolute atomic E-state index is 13.8. The fraction of sp³-hybridized carbons (Fsp3) is 0.600. The summed E-state index contributed by atoms with van der Waals surface area (Å²) in [5.74, 6) is 0.314. The molecule has 0 aromatic heterocycles. The zero-order valence-electron chi connectivity index (χ0n) is 11.8. The lowest BCUT2D eigenvalue weighted by molar-refractivity contribution is 0.355. The van der Waals surface area contributed by atoms with E-state index in [1.165, 1.54) is 6.07 Å². The quantitative estimate of drug-likeness (QED) is 0.843. The fourth-order valence-corrected chi connectivity index (χ4v) is 1.98. The van der Waals surface area contributed by atoms with E-state index in [4.69, 9.17) is 11.6 Å². The Labute approximate surface area is 115 Å². The van der Waals surface area contributed by atoms with Gasteiger partial charge in [-0.2, -0.15) is 0 Å². The van der Waals surface area contributed by atoms with E-state index in [2.05, 4.69) is 39.9 Å². The molecule has 1 rings (SSSR count). The van der Waals surface area contributed by atoms with Crippen LogP contribution in [0.25, 0.3) is 0 Å². The SMILES string of the molecule is CC(CNC(C)(C)C)C(C)c1ccc(Cl)cc1F. The highest BCUT2D eigenvalue weighted by Gasteiger charge is 2.19. The lowest BCUT2D eigenvalue weighted by atomic mass is 9.88. The Morgan fingerprint density at radius 3 is 2.39 bits per heavy atom. The normalized spacial score (nSPS) is 15.5. The molecule has 0 spiro atoms. The first-order valence-electron chi connectivity index (χ1n) is 6.40.